The summed E-state index contributed by atoms with van der Waals surface area (Å²) in [6.45, 7) is 3.66. The molecule has 0 aliphatic rings. The van der Waals surface area contributed by atoms with Gasteiger partial charge in [-0.2, -0.15) is 0 Å². The fraction of sp³-hybridized carbons (Fsp3) is 0.900. The zero-order valence-electron chi connectivity index (χ0n) is 11.2. The predicted octanol–water partition coefficient (Wildman–Crippen LogP) is -1.33. The number of hydrogen-bond acceptors (Lipinski definition) is 5. The fourth-order valence-electron chi connectivity index (χ4n) is 1.19. The Hall–Kier alpha value is -0.700. The largest absolute Gasteiger partial charge is 0.383 e. The molecule has 1 atom stereocenters. The van der Waals surface area contributed by atoms with E-state index in [1.54, 1.807) is 14.0 Å². The normalized spacial score (nSPS) is 13.3. The molecule has 0 saturated heterocycles. The molecule has 0 aliphatic carbocycles. The maximum atomic E-state index is 11.5. The van der Waals surface area contributed by atoms with Crippen LogP contribution in [0.4, 0.5) is 0 Å². The Balaban J connectivity index is 3.57. The number of nitrogens with one attached hydrogen (secondary N) is 3. The van der Waals surface area contributed by atoms with Crippen molar-refractivity contribution < 1.29 is 17.9 Å². The Morgan fingerprint density at radius 2 is 1.94 bits per heavy atom. The highest BCUT2D eigenvalue weighted by molar-refractivity contribution is 7.88. The van der Waals surface area contributed by atoms with Crippen molar-refractivity contribution in [2.45, 2.75) is 19.4 Å². The monoisotopic (exact) mass is 281 g/mol. The Bertz CT molecular complexity index is 332. The van der Waals surface area contributed by atoms with Crippen LogP contribution in [-0.4, -0.2) is 60.0 Å². The molecule has 0 fully saturated rings. The highest BCUT2D eigenvalue weighted by Crippen LogP contribution is 1.84. The van der Waals surface area contributed by atoms with Gasteiger partial charge in [-0.25, -0.2) is 13.1 Å². The van der Waals surface area contributed by atoms with Crippen LogP contribution in [-0.2, 0) is 19.6 Å². The molecule has 0 bridgehead atoms. The van der Waals surface area contributed by atoms with Gasteiger partial charge >= 0.3 is 0 Å². The lowest BCUT2D eigenvalue weighted by atomic mass is 10.3. The van der Waals surface area contributed by atoms with Crippen molar-refractivity contribution in [2.75, 3.05) is 39.6 Å². The molecule has 1 unspecified atom stereocenters. The Labute approximate surface area is 109 Å². The highest BCUT2D eigenvalue weighted by Gasteiger charge is 2.10. The van der Waals surface area contributed by atoms with Gasteiger partial charge in [0.25, 0.3) is 0 Å². The molecule has 0 spiro atoms. The predicted molar refractivity (Wildman–Crippen MR) is 69.8 cm³/mol. The molecule has 0 aliphatic heterocycles. The maximum absolute atomic E-state index is 11.5. The van der Waals surface area contributed by atoms with Crippen LogP contribution in [0.5, 0.6) is 0 Å². The second-order valence-electron chi connectivity index (χ2n) is 3.98. The van der Waals surface area contributed by atoms with Crippen LogP contribution in [0.2, 0.25) is 0 Å². The molecule has 3 N–H and O–H groups in total. The minimum absolute atomic E-state index is 0.0943. The van der Waals surface area contributed by atoms with Crippen LogP contribution >= 0.6 is 0 Å². The van der Waals surface area contributed by atoms with E-state index in [1.807, 2.05) is 0 Å². The van der Waals surface area contributed by atoms with E-state index in [-0.39, 0.29) is 11.9 Å². The third-order valence-corrected chi connectivity index (χ3v) is 2.90. The molecule has 8 heteroatoms. The lowest BCUT2D eigenvalue weighted by Crippen LogP contribution is -2.43. The van der Waals surface area contributed by atoms with E-state index in [0.29, 0.717) is 32.7 Å². The summed E-state index contributed by atoms with van der Waals surface area (Å²) in [5.41, 5.74) is 0. The van der Waals surface area contributed by atoms with Gasteiger partial charge in [0.1, 0.15) is 0 Å². The number of carbonyl (C=O) groups excluding carboxylic acids is 1. The van der Waals surface area contributed by atoms with Gasteiger partial charge in [-0.1, -0.05) is 0 Å². The van der Waals surface area contributed by atoms with E-state index < -0.39 is 10.0 Å². The van der Waals surface area contributed by atoms with Gasteiger partial charge in [0, 0.05) is 20.2 Å². The smallest absolute Gasteiger partial charge is 0.236 e. The van der Waals surface area contributed by atoms with Gasteiger partial charge in [-0.15, -0.1) is 0 Å². The van der Waals surface area contributed by atoms with Crippen molar-refractivity contribution in [3.63, 3.8) is 0 Å². The summed E-state index contributed by atoms with van der Waals surface area (Å²) in [5.74, 6) is -0.0943. The minimum Gasteiger partial charge on any atom is -0.383 e. The first kappa shape index (κ1) is 17.3. The van der Waals surface area contributed by atoms with Gasteiger partial charge in [0.05, 0.1) is 18.9 Å². The fourth-order valence-corrected chi connectivity index (χ4v) is 1.70. The number of sulfonamides is 1. The average Bonchev–Trinajstić information content (AvgIpc) is 2.27. The van der Waals surface area contributed by atoms with Crippen LogP contribution in [0.15, 0.2) is 0 Å². The maximum Gasteiger partial charge on any atom is 0.236 e. The molecule has 0 radical (unpaired) electrons. The topological polar surface area (TPSA) is 96.5 Å². The SMILES string of the molecule is COCCNC(=O)C(C)NCCCNS(C)(=O)=O. The van der Waals surface area contributed by atoms with E-state index in [4.69, 9.17) is 4.74 Å². The lowest BCUT2D eigenvalue weighted by Gasteiger charge is -2.13. The molecule has 0 heterocycles. The van der Waals surface area contributed by atoms with E-state index in [0.717, 1.165) is 6.26 Å². The van der Waals surface area contributed by atoms with Crippen LogP contribution in [0, 0.1) is 0 Å². The summed E-state index contributed by atoms with van der Waals surface area (Å²) >= 11 is 0. The number of ether oxygens (including phenoxy) is 1. The Morgan fingerprint density at radius 3 is 2.50 bits per heavy atom. The minimum atomic E-state index is -3.13. The molecule has 7 nitrogen and oxygen atoms in total. The van der Waals surface area contributed by atoms with Crippen LogP contribution < -0.4 is 15.4 Å². The molecule has 0 aromatic rings. The van der Waals surface area contributed by atoms with Gasteiger partial charge < -0.3 is 15.4 Å². The molecular formula is C10H23N3O4S. The molecule has 18 heavy (non-hydrogen) atoms. The summed E-state index contributed by atoms with van der Waals surface area (Å²) < 4.78 is 28.7. The van der Waals surface area contributed by atoms with Crippen molar-refractivity contribution in [3.05, 3.63) is 0 Å². The lowest BCUT2D eigenvalue weighted by molar-refractivity contribution is -0.122. The van der Waals surface area contributed by atoms with Gasteiger partial charge in [-0.3, -0.25) is 4.79 Å². The average molecular weight is 281 g/mol. The molecule has 0 saturated carbocycles. The molecular weight excluding hydrogens is 258 g/mol. The molecule has 0 aromatic heterocycles. The van der Waals surface area contributed by atoms with Gasteiger partial charge in [0.2, 0.25) is 15.9 Å². The Kier molecular flexibility index (Phi) is 8.90. The first-order valence-corrected chi connectivity index (χ1v) is 7.70. The van der Waals surface area contributed by atoms with Crippen LogP contribution in [0.3, 0.4) is 0 Å². The zero-order chi connectivity index (χ0) is 14.0. The summed E-state index contributed by atoms with van der Waals surface area (Å²) in [6, 6.07) is -0.305. The van der Waals surface area contributed by atoms with Crippen molar-refractivity contribution in [1.29, 1.82) is 0 Å². The number of methoxy groups -OCH3 is 1. The first-order valence-electron chi connectivity index (χ1n) is 5.81. The summed E-state index contributed by atoms with van der Waals surface area (Å²) in [6.07, 6.45) is 1.75. The quantitative estimate of drug-likeness (QED) is 0.431. The second kappa shape index (κ2) is 9.26. The third-order valence-electron chi connectivity index (χ3n) is 2.17. The van der Waals surface area contributed by atoms with Crippen molar-refractivity contribution >= 4 is 15.9 Å². The molecule has 108 valence electrons. The van der Waals surface area contributed by atoms with Crippen molar-refractivity contribution in [1.82, 2.24) is 15.4 Å². The van der Waals surface area contributed by atoms with E-state index in [2.05, 4.69) is 15.4 Å². The van der Waals surface area contributed by atoms with Gasteiger partial charge in [0.15, 0.2) is 0 Å². The van der Waals surface area contributed by atoms with E-state index in [9.17, 15) is 13.2 Å². The summed E-state index contributed by atoms with van der Waals surface area (Å²) in [7, 11) is -1.56. The number of rotatable bonds is 10. The van der Waals surface area contributed by atoms with Crippen molar-refractivity contribution in [2.24, 2.45) is 0 Å². The Morgan fingerprint density at radius 1 is 1.28 bits per heavy atom. The van der Waals surface area contributed by atoms with Crippen molar-refractivity contribution in [3.8, 4) is 0 Å². The van der Waals surface area contributed by atoms with Gasteiger partial charge in [-0.05, 0) is 19.9 Å². The van der Waals surface area contributed by atoms with Crippen LogP contribution in [0.25, 0.3) is 0 Å². The number of hydrogen-bond donors (Lipinski definition) is 3. The molecule has 0 rings (SSSR count). The third kappa shape index (κ3) is 10.5. The zero-order valence-corrected chi connectivity index (χ0v) is 12.0. The second-order valence-corrected chi connectivity index (χ2v) is 5.81. The number of carbonyl (C=O) groups is 1. The standard InChI is InChI=1S/C10H23N3O4S/c1-9(10(14)12-7-8-17-2)11-5-4-6-13-18(3,15)16/h9,11,13H,4-8H2,1-3H3,(H,12,14). The van der Waals surface area contributed by atoms with E-state index >= 15 is 0 Å². The first-order chi connectivity index (χ1) is 8.37. The summed E-state index contributed by atoms with van der Waals surface area (Å²) in [4.78, 5) is 11.5. The number of amides is 1. The molecule has 1 amide bonds. The van der Waals surface area contributed by atoms with E-state index in [1.165, 1.54) is 0 Å². The highest BCUT2D eigenvalue weighted by atomic mass is 32.2. The molecule has 0 aromatic carbocycles. The van der Waals surface area contributed by atoms with Crippen LogP contribution in [0.1, 0.15) is 13.3 Å². The summed E-state index contributed by atoms with van der Waals surface area (Å²) in [5, 5.41) is 5.72.